The lowest BCUT2D eigenvalue weighted by Gasteiger charge is -2.06. The molecule has 0 saturated carbocycles. The molecule has 1 aromatic carbocycles. The SMILES string of the molecule is COc1cc(-c2nnc3ccccn23)ccc1N. The van der Waals surface area contributed by atoms with E-state index in [0.29, 0.717) is 11.4 Å². The summed E-state index contributed by atoms with van der Waals surface area (Å²) in [5, 5.41) is 8.30. The summed E-state index contributed by atoms with van der Waals surface area (Å²) in [6.45, 7) is 0. The van der Waals surface area contributed by atoms with Gasteiger partial charge < -0.3 is 10.5 Å². The standard InChI is InChI=1S/C13H12N4O/c1-18-11-8-9(5-6-10(11)14)13-16-15-12-4-2-3-7-17(12)13/h2-8H,14H2,1H3. The summed E-state index contributed by atoms with van der Waals surface area (Å²) < 4.78 is 7.13. The van der Waals surface area contributed by atoms with Gasteiger partial charge in [0.25, 0.3) is 0 Å². The number of nitrogens with zero attached hydrogens (tertiary/aromatic N) is 3. The van der Waals surface area contributed by atoms with E-state index in [0.717, 1.165) is 17.0 Å². The molecule has 0 fully saturated rings. The van der Waals surface area contributed by atoms with Crippen molar-refractivity contribution in [2.75, 3.05) is 12.8 Å². The van der Waals surface area contributed by atoms with Crippen LogP contribution < -0.4 is 10.5 Å². The lowest BCUT2D eigenvalue weighted by atomic mass is 10.2. The Morgan fingerprint density at radius 3 is 2.89 bits per heavy atom. The van der Waals surface area contributed by atoms with Gasteiger partial charge in [-0.05, 0) is 30.3 Å². The van der Waals surface area contributed by atoms with Crippen molar-refractivity contribution in [3.8, 4) is 17.1 Å². The van der Waals surface area contributed by atoms with Crippen molar-refractivity contribution in [3.05, 3.63) is 42.6 Å². The van der Waals surface area contributed by atoms with Gasteiger partial charge in [0, 0.05) is 11.8 Å². The van der Waals surface area contributed by atoms with Gasteiger partial charge >= 0.3 is 0 Å². The maximum absolute atomic E-state index is 5.80. The molecule has 18 heavy (non-hydrogen) atoms. The van der Waals surface area contributed by atoms with Crippen LogP contribution in [0.4, 0.5) is 5.69 Å². The minimum Gasteiger partial charge on any atom is -0.495 e. The maximum Gasteiger partial charge on any atom is 0.168 e. The molecule has 0 aliphatic carbocycles. The van der Waals surface area contributed by atoms with Gasteiger partial charge in [0.15, 0.2) is 11.5 Å². The number of pyridine rings is 1. The van der Waals surface area contributed by atoms with E-state index in [-0.39, 0.29) is 0 Å². The van der Waals surface area contributed by atoms with Crippen LogP contribution in [0.15, 0.2) is 42.6 Å². The summed E-state index contributed by atoms with van der Waals surface area (Å²) >= 11 is 0. The van der Waals surface area contributed by atoms with Crippen LogP contribution in [-0.4, -0.2) is 21.7 Å². The van der Waals surface area contributed by atoms with E-state index in [9.17, 15) is 0 Å². The Bertz CT molecular complexity index is 705. The van der Waals surface area contributed by atoms with Crippen LogP contribution in [0.5, 0.6) is 5.75 Å². The fourth-order valence-electron chi connectivity index (χ4n) is 1.89. The van der Waals surface area contributed by atoms with Gasteiger partial charge in [-0.1, -0.05) is 6.07 Å². The maximum atomic E-state index is 5.80. The number of hydrogen-bond acceptors (Lipinski definition) is 4. The molecule has 90 valence electrons. The number of benzene rings is 1. The summed E-state index contributed by atoms with van der Waals surface area (Å²) in [6.07, 6.45) is 1.92. The second kappa shape index (κ2) is 4.03. The molecular weight excluding hydrogens is 228 g/mol. The molecule has 0 aliphatic heterocycles. The van der Waals surface area contributed by atoms with Gasteiger partial charge in [-0.3, -0.25) is 4.40 Å². The molecule has 0 spiro atoms. The molecule has 0 radical (unpaired) electrons. The quantitative estimate of drug-likeness (QED) is 0.696. The van der Waals surface area contributed by atoms with Gasteiger partial charge in [0.05, 0.1) is 12.8 Å². The fraction of sp³-hybridized carbons (Fsp3) is 0.0769. The van der Waals surface area contributed by atoms with Crippen molar-refractivity contribution < 1.29 is 4.74 Å². The van der Waals surface area contributed by atoms with E-state index in [2.05, 4.69) is 10.2 Å². The highest BCUT2D eigenvalue weighted by molar-refractivity contribution is 5.67. The lowest BCUT2D eigenvalue weighted by Crippen LogP contribution is -1.94. The van der Waals surface area contributed by atoms with E-state index in [1.165, 1.54) is 0 Å². The number of aromatic nitrogens is 3. The van der Waals surface area contributed by atoms with Gasteiger partial charge in [-0.15, -0.1) is 10.2 Å². The molecular formula is C13H12N4O. The van der Waals surface area contributed by atoms with Crippen LogP contribution >= 0.6 is 0 Å². The van der Waals surface area contributed by atoms with Crippen LogP contribution in [0.25, 0.3) is 17.0 Å². The Kier molecular flexibility index (Phi) is 2.37. The molecule has 5 heteroatoms. The predicted octanol–water partition coefficient (Wildman–Crippen LogP) is 1.99. The normalized spacial score (nSPS) is 10.7. The second-order valence-corrected chi connectivity index (χ2v) is 3.91. The Morgan fingerprint density at radius 2 is 2.06 bits per heavy atom. The van der Waals surface area contributed by atoms with Crippen LogP contribution in [0.1, 0.15) is 0 Å². The number of nitrogen functional groups attached to an aromatic ring is 1. The Morgan fingerprint density at radius 1 is 1.17 bits per heavy atom. The van der Waals surface area contributed by atoms with E-state index in [1.807, 2.05) is 40.9 Å². The minimum absolute atomic E-state index is 0.607. The Hall–Kier alpha value is -2.56. The molecule has 2 heterocycles. The topological polar surface area (TPSA) is 65.4 Å². The van der Waals surface area contributed by atoms with Gasteiger partial charge in [0.2, 0.25) is 0 Å². The third-order valence-corrected chi connectivity index (χ3v) is 2.81. The van der Waals surface area contributed by atoms with Crippen molar-refractivity contribution in [3.63, 3.8) is 0 Å². The summed E-state index contributed by atoms with van der Waals surface area (Å²) in [6, 6.07) is 11.3. The van der Waals surface area contributed by atoms with Crippen molar-refractivity contribution in [2.24, 2.45) is 0 Å². The molecule has 0 aliphatic rings. The molecule has 2 N–H and O–H groups in total. The number of nitrogens with two attached hydrogens (primary N) is 1. The third kappa shape index (κ3) is 1.57. The number of methoxy groups -OCH3 is 1. The monoisotopic (exact) mass is 240 g/mol. The number of rotatable bonds is 2. The molecule has 0 atom stereocenters. The third-order valence-electron chi connectivity index (χ3n) is 2.81. The molecule has 0 amide bonds. The zero-order chi connectivity index (χ0) is 12.5. The van der Waals surface area contributed by atoms with Crippen molar-refractivity contribution in [1.82, 2.24) is 14.6 Å². The second-order valence-electron chi connectivity index (χ2n) is 3.91. The average molecular weight is 240 g/mol. The fourth-order valence-corrected chi connectivity index (χ4v) is 1.89. The van der Waals surface area contributed by atoms with Crippen LogP contribution in [0.2, 0.25) is 0 Å². The van der Waals surface area contributed by atoms with Gasteiger partial charge in [-0.2, -0.15) is 0 Å². The van der Waals surface area contributed by atoms with Gasteiger partial charge in [0.1, 0.15) is 5.75 Å². The first-order valence-electron chi connectivity index (χ1n) is 5.53. The molecule has 2 aromatic heterocycles. The van der Waals surface area contributed by atoms with E-state index >= 15 is 0 Å². The highest BCUT2D eigenvalue weighted by atomic mass is 16.5. The largest absolute Gasteiger partial charge is 0.495 e. The minimum atomic E-state index is 0.607. The molecule has 3 aromatic rings. The molecule has 3 rings (SSSR count). The van der Waals surface area contributed by atoms with Crippen molar-refractivity contribution >= 4 is 11.3 Å². The van der Waals surface area contributed by atoms with E-state index in [1.54, 1.807) is 13.2 Å². The van der Waals surface area contributed by atoms with Crippen LogP contribution in [0.3, 0.4) is 0 Å². The number of ether oxygens (including phenoxy) is 1. The molecule has 0 unspecified atom stereocenters. The predicted molar refractivity (Wildman–Crippen MR) is 69.4 cm³/mol. The highest BCUT2D eigenvalue weighted by Gasteiger charge is 2.09. The zero-order valence-electron chi connectivity index (χ0n) is 9.87. The Labute approximate surface area is 104 Å². The number of anilines is 1. The van der Waals surface area contributed by atoms with Gasteiger partial charge in [-0.25, -0.2) is 0 Å². The first-order valence-corrected chi connectivity index (χ1v) is 5.53. The van der Waals surface area contributed by atoms with Crippen molar-refractivity contribution in [1.29, 1.82) is 0 Å². The number of hydrogen-bond donors (Lipinski definition) is 1. The highest BCUT2D eigenvalue weighted by Crippen LogP contribution is 2.27. The summed E-state index contributed by atoms with van der Waals surface area (Å²) in [4.78, 5) is 0. The van der Waals surface area contributed by atoms with Crippen LogP contribution in [-0.2, 0) is 0 Å². The van der Waals surface area contributed by atoms with Crippen LogP contribution in [0, 0.1) is 0 Å². The molecule has 0 saturated heterocycles. The zero-order valence-corrected chi connectivity index (χ0v) is 9.87. The number of fused-ring (bicyclic) bond motifs is 1. The lowest BCUT2D eigenvalue weighted by molar-refractivity contribution is 0.417. The first kappa shape index (κ1) is 10.6. The average Bonchev–Trinajstić information content (AvgIpc) is 2.83. The van der Waals surface area contributed by atoms with Crippen molar-refractivity contribution in [2.45, 2.75) is 0 Å². The molecule has 5 nitrogen and oxygen atoms in total. The van der Waals surface area contributed by atoms with E-state index < -0.39 is 0 Å². The summed E-state index contributed by atoms with van der Waals surface area (Å²) in [7, 11) is 1.59. The first-order chi connectivity index (χ1) is 8.79. The van der Waals surface area contributed by atoms with E-state index in [4.69, 9.17) is 10.5 Å². The molecule has 0 bridgehead atoms. The summed E-state index contributed by atoms with van der Waals surface area (Å²) in [5.41, 5.74) is 8.13. The smallest absolute Gasteiger partial charge is 0.168 e. The Balaban J connectivity index is 2.20. The summed E-state index contributed by atoms with van der Waals surface area (Å²) in [5.74, 6) is 1.41.